The maximum absolute atomic E-state index is 13.4. The van der Waals surface area contributed by atoms with Crippen LogP contribution in [0.2, 0.25) is 0 Å². The number of benzene rings is 5. The Bertz CT molecular complexity index is 2190. The summed E-state index contributed by atoms with van der Waals surface area (Å²) in [6.07, 6.45) is -2.63. The Morgan fingerprint density at radius 3 is 2.15 bits per heavy atom. The summed E-state index contributed by atoms with van der Waals surface area (Å²) in [4.78, 5) is 9.03. The molecule has 0 bridgehead atoms. The minimum absolute atomic E-state index is 0. The average molecular weight is 816 g/mol. The summed E-state index contributed by atoms with van der Waals surface area (Å²) in [5.41, 5.74) is 6.62. The van der Waals surface area contributed by atoms with Crippen molar-refractivity contribution in [1.29, 1.82) is 0 Å². The minimum atomic E-state index is -4.42. The normalized spacial score (nSPS) is 11.1. The molecule has 0 spiro atoms. The van der Waals surface area contributed by atoms with Crippen LogP contribution in [0.4, 0.5) is 13.2 Å². The summed E-state index contributed by atoms with van der Waals surface area (Å²) in [6, 6.07) is 46.5. The summed E-state index contributed by atoms with van der Waals surface area (Å²) in [5, 5.41) is 3.71. The van der Waals surface area contributed by atoms with Gasteiger partial charge in [-0.25, -0.2) is 0 Å². The van der Waals surface area contributed by atoms with E-state index in [1.807, 2.05) is 114 Å². The SMILES string of the molecule is FC(F)(F)c1ccc2s[c-]c(-c3nc4ccccc4n3-c3ccc(-c4ccccc4)cc3)c2c1.[Ir].[c-]1ccccc1-c1ccccn1. The zero-order valence-electron chi connectivity index (χ0n) is 24.6. The first kappa shape index (κ1) is 32.1. The number of pyridine rings is 1. The second-order valence-corrected chi connectivity index (χ2v) is 11.3. The Hall–Kier alpha value is -4.88. The number of halogens is 3. The third kappa shape index (κ3) is 6.81. The van der Waals surface area contributed by atoms with E-state index in [1.54, 1.807) is 6.20 Å². The van der Waals surface area contributed by atoms with Crippen molar-refractivity contribution >= 4 is 32.5 Å². The number of imidazole rings is 1. The average Bonchev–Trinajstić information content (AvgIpc) is 3.71. The van der Waals surface area contributed by atoms with E-state index in [0.29, 0.717) is 16.8 Å². The molecule has 3 heterocycles. The van der Waals surface area contributed by atoms with Crippen LogP contribution in [-0.4, -0.2) is 14.5 Å². The molecule has 47 heavy (non-hydrogen) atoms. The third-order valence-corrected chi connectivity index (χ3v) is 8.39. The first-order chi connectivity index (χ1) is 22.5. The second kappa shape index (κ2) is 13.9. The molecule has 0 saturated heterocycles. The van der Waals surface area contributed by atoms with E-state index in [-0.39, 0.29) is 20.1 Å². The van der Waals surface area contributed by atoms with E-state index in [4.69, 9.17) is 4.98 Å². The fourth-order valence-corrected chi connectivity index (χ4v) is 6.10. The van der Waals surface area contributed by atoms with Crippen LogP contribution in [0.1, 0.15) is 5.56 Å². The molecule has 0 atom stereocenters. The third-order valence-electron chi connectivity index (χ3n) is 7.51. The molecular weight excluding hydrogens is 792 g/mol. The van der Waals surface area contributed by atoms with E-state index < -0.39 is 11.7 Å². The summed E-state index contributed by atoms with van der Waals surface area (Å²) < 4.78 is 43.0. The first-order valence-electron chi connectivity index (χ1n) is 14.5. The quantitative estimate of drug-likeness (QED) is 0.166. The summed E-state index contributed by atoms with van der Waals surface area (Å²) in [5.74, 6) is 0.569. The Balaban J connectivity index is 0.000000250. The first-order valence-corrected chi connectivity index (χ1v) is 15.3. The van der Waals surface area contributed by atoms with Crippen LogP contribution in [0.15, 0.2) is 146 Å². The molecule has 0 aliphatic rings. The number of hydrogen-bond acceptors (Lipinski definition) is 3. The predicted octanol–water partition coefficient (Wildman–Crippen LogP) is 10.9. The van der Waals surface area contributed by atoms with Gasteiger partial charge in [0.25, 0.3) is 0 Å². The summed E-state index contributed by atoms with van der Waals surface area (Å²) >= 11 is 1.30. The van der Waals surface area contributed by atoms with E-state index in [2.05, 4.69) is 28.6 Å². The van der Waals surface area contributed by atoms with Gasteiger partial charge in [-0.1, -0.05) is 101 Å². The maximum Gasteiger partial charge on any atom is 0.415 e. The molecule has 8 heteroatoms. The van der Waals surface area contributed by atoms with Gasteiger partial charge in [0.2, 0.25) is 0 Å². The number of alkyl halides is 3. The van der Waals surface area contributed by atoms with Gasteiger partial charge in [0.1, 0.15) is 0 Å². The number of para-hydroxylation sites is 2. The molecule has 233 valence electrons. The van der Waals surface area contributed by atoms with Crippen LogP contribution in [0.3, 0.4) is 0 Å². The van der Waals surface area contributed by atoms with Gasteiger partial charge in [0, 0.05) is 37.6 Å². The summed E-state index contributed by atoms with van der Waals surface area (Å²) in [7, 11) is 0. The molecule has 0 amide bonds. The fraction of sp³-hybridized carbons (Fsp3) is 0.0256. The number of hydrogen-bond donors (Lipinski definition) is 0. The van der Waals surface area contributed by atoms with Crippen LogP contribution in [-0.2, 0) is 26.3 Å². The van der Waals surface area contributed by atoms with Crippen molar-refractivity contribution in [2.75, 3.05) is 0 Å². The van der Waals surface area contributed by atoms with Gasteiger partial charge in [-0.15, -0.1) is 41.3 Å². The van der Waals surface area contributed by atoms with Crippen molar-refractivity contribution < 1.29 is 33.3 Å². The number of thiophene rings is 1. The van der Waals surface area contributed by atoms with Crippen molar-refractivity contribution in [3.05, 3.63) is 163 Å². The van der Waals surface area contributed by atoms with Gasteiger partial charge in [-0.3, -0.25) is 16.3 Å². The largest absolute Gasteiger partial charge is 0.415 e. The van der Waals surface area contributed by atoms with Crippen LogP contribution in [0.5, 0.6) is 0 Å². The standard InChI is InChI=1S/C28H16F3N2S.C11H8N.Ir/c29-28(30,31)20-12-15-26-22(16-20)23(17-34-26)27-32-24-8-4-5-9-25(24)33(27)21-13-10-19(11-14-21)18-6-2-1-3-7-18;1-2-6-10(7-3-1)11-8-4-5-9-12-11;/h1-16H;1-6,8-9H;/q2*-1;. The molecule has 5 aromatic carbocycles. The molecule has 0 N–H and O–H groups in total. The zero-order valence-corrected chi connectivity index (χ0v) is 27.8. The van der Waals surface area contributed by atoms with Crippen molar-refractivity contribution in [3.8, 4) is 39.5 Å². The molecule has 8 rings (SSSR count). The van der Waals surface area contributed by atoms with Crippen molar-refractivity contribution in [1.82, 2.24) is 14.5 Å². The molecule has 0 aliphatic carbocycles. The maximum atomic E-state index is 13.4. The predicted molar refractivity (Wildman–Crippen MR) is 180 cm³/mol. The molecule has 0 aliphatic heterocycles. The minimum Gasteiger partial charge on any atom is -0.333 e. The Labute approximate surface area is 287 Å². The van der Waals surface area contributed by atoms with Gasteiger partial charge in [-0.05, 0) is 47.2 Å². The molecule has 3 nitrogen and oxygen atoms in total. The van der Waals surface area contributed by atoms with Gasteiger partial charge in [0.15, 0.2) is 0 Å². The Morgan fingerprint density at radius 1 is 0.702 bits per heavy atom. The molecule has 0 fully saturated rings. The van der Waals surface area contributed by atoms with Crippen LogP contribution in [0.25, 0.3) is 60.6 Å². The molecule has 3 aromatic heterocycles. The monoisotopic (exact) mass is 816 g/mol. The van der Waals surface area contributed by atoms with Gasteiger partial charge in [0.05, 0.1) is 16.9 Å². The Morgan fingerprint density at radius 2 is 1.43 bits per heavy atom. The van der Waals surface area contributed by atoms with E-state index in [1.165, 1.54) is 23.5 Å². The second-order valence-electron chi connectivity index (χ2n) is 10.5. The van der Waals surface area contributed by atoms with Crippen LogP contribution >= 0.6 is 11.3 Å². The van der Waals surface area contributed by atoms with E-state index in [0.717, 1.165) is 49.9 Å². The smallest absolute Gasteiger partial charge is 0.333 e. The van der Waals surface area contributed by atoms with Gasteiger partial charge >= 0.3 is 6.18 Å². The number of nitrogens with zero attached hydrogens (tertiary/aromatic N) is 3. The van der Waals surface area contributed by atoms with Crippen molar-refractivity contribution in [3.63, 3.8) is 0 Å². The molecular formula is C39H24F3IrN3S-2. The topological polar surface area (TPSA) is 30.7 Å². The summed E-state index contributed by atoms with van der Waals surface area (Å²) in [6.45, 7) is 0. The number of aromatic nitrogens is 3. The van der Waals surface area contributed by atoms with Crippen LogP contribution < -0.4 is 0 Å². The molecule has 0 unspecified atom stereocenters. The number of rotatable bonds is 4. The van der Waals surface area contributed by atoms with Crippen molar-refractivity contribution in [2.24, 2.45) is 0 Å². The van der Waals surface area contributed by atoms with E-state index in [9.17, 15) is 13.2 Å². The molecule has 0 saturated carbocycles. The number of fused-ring (bicyclic) bond motifs is 2. The van der Waals surface area contributed by atoms with Gasteiger partial charge in [-0.2, -0.15) is 13.2 Å². The van der Waals surface area contributed by atoms with Crippen molar-refractivity contribution in [2.45, 2.75) is 6.18 Å². The van der Waals surface area contributed by atoms with E-state index >= 15 is 0 Å². The van der Waals surface area contributed by atoms with Gasteiger partial charge < -0.3 is 9.55 Å². The Kier molecular flexibility index (Phi) is 9.45. The fourth-order valence-electron chi connectivity index (χ4n) is 5.28. The molecule has 8 aromatic rings. The molecule has 1 radical (unpaired) electrons. The van der Waals surface area contributed by atoms with Crippen LogP contribution in [0, 0.1) is 11.4 Å². The zero-order chi connectivity index (χ0) is 31.5.